The van der Waals surface area contributed by atoms with Gasteiger partial charge < -0.3 is 10.8 Å². The van der Waals surface area contributed by atoms with Gasteiger partial charge in [0, 0.05) is 0 Å². The van der Waals surface area contributed by atoms with Crippen LogP contribution in [0.4, 0.5) is 0 Å². The van der Waals surface area contributed by atoms with Gasteiger partial charge in [-0.05, 0) is 55.9 Å². The van der Waals surface area contributed by atoms with Crippen LogP contribution >= 0.6 is 0 Å². The Morgan fingerprint density at radius 3 is 2.12 bits per heavy atom. The molecule has 1 atom stereocenters. The van der Waals surface area contributed by atoms with Crippen molar-refractivity contribution < 1.29 is 5.11 Å². The van der Waals surface area contributed by atoms with Gasteiger partial charge in [-0.1, -0.05) is 27.7 Å². The summed E-state index contributed by atoms with van der Waals surface area (Å²) in [6.45, 7) is 9.67. The van der Waals surface area contributed by atoms with Crippen LogP contribution in [-0.2, 0) is 0 Å². The molecule has 1 aliphatic carbocycles. The molecule has 16 heavy (non-hydrogen) atoms. The van der Waals surface area contributed by atoms with Crippen molar-refractivity contribution in [2.24, 2.45) is 23.0 Å². The average Bonchev–Trinajstić information content (AvgIpc) is 2.18. The highest BCUT2D eigenvalue weighted by molar-refractivity contribution is 4.93. The molecule has 1 rings (SSSR count). The second kappa shape index (κ2) is 5.05. The first-order valence-electron chi connectivity index (χ1n) is 6.76. The molecule has 96 valence electrons. The van der Waals surface area contributed by atoms with Crippen LogP contribution in [0.1, 0.15) is 59.8 Å². The molecule has 0 radical (unpaired) electrons. The van der Waals surface area contributed by atoms with E-state index < -0.39 is 5.60 Å². The van der Waals surface area contributed by atoms with Crippen molar-refractivity contribution >= 4 is 0 Å². The molecule has 1 saturated carbocycles. The fourth-order valence-corrected chi connectivity index (χ4v) is 3.16. The Kier molecular flexibility index (Phi) is 4.42. The lowest BCUT2D eigenvalue weighted by atomic mass is 9.65. The molecule has 0 aliphatic heterocycles. The van der Waals surface area contributed by atoms with Gasteiger partial charge in [0.1, 0.15) is 0 Å². The Bertz CT molecular complexity index is 207. The minimum absolute atomic E-state index is 0.286. The lowest BCUT2D eigenvalue weighted by Crippen LogP contribution is -2.45. The first-order chi connectivity index (χ1) is 7.33. The molecule has 0 aromatic rings. The Morgan fingerprint density at radius 1 is 1.31 bits per heavy atom. The van der Waals surface area contributed by atoms with Gasteiger partial charge in [-0.2, -0.15) is 0 Å². The van der Waals surface area contributed by atoms with Crippen molar-refractivity contribution in [1.29, 1.82) is 0 Å². The van der Waals surface area contributed by atoms with Crippen LogP contribution in [0.3, 0.4) is 0 Å². The quantitative estimate of drug-likeness (QED) is 0.778. The maximum Gasteiger partial charge on any atom is 0.0688 e. The maximum absolute atomic E-state index is 10.6. The highest BCUT2D eigenvalue weighted by Crippen LogP contribution is 2.44. The summed E-state index contributed by atoms with van der Waals surface area (Å²) in [6, 6.07) is 0. The van der Waals surface area contributed by atoms with E-state index in [0.717, 1.165) is 38.0 Å². The first-order valence-corrected chi connectivity index (χ1v) is 6.76. The van der Waals surface area contributed by atoms with E-state index in [1.54, 1.807) is 0 Å². The van der Waals surface area contributed by atoms with Gasteiger partial charge in [0.25, 0.3) is 0 Å². The molecular formula is C14H29NO. The van der Waals surface area contributed by atoms with Gasteiger partial charge in [0.05, 0.1) is 5.60 Å². The lowest BCUT2D eigenvalue weighted by molar-refractivity contribution is -0.0682. The van der Waals surface area contributed by atoms with Crippen molar-refractivity contribution in [3.8, 4) is 0 Å². The minimum atomic E-state index is -0.481. The van der Waals surface area contributed by atoms with Gasteiger partial charge in [-0.25, -0.2) is 0 Å². The van der Waals surface area contributed by atoms with E-state index in [1.165, 1.54) is 0 Å². The molecule has 0 spiro atoms. The Balaban J connectivity index is 2.59. The summed E-state index contributed by atoms with van der Waals surface area (Å²) in [4.78, 5) is 0. The highest BCUT2D eigenvalue weighted by Gasteiger charge is 2.41. The zero-order valence-electron chi connectivity index (χ0n) is 11.4. The monoisotopic (exact) mass is 227 g/mol. The van der Waals surface area contributed by atoms with Gasteiger partial charge in [-0.3, -0.25) is 0 Å². The van der Waals surface area contributed by atoms with Crippen molar-refractivity contribution in [3.05, 3.63) is 0 Å². The standard InChI is InChI=1S/C14H29NO/c1-5-11(10-15)14(16)8-6-12(7-9-14)13(2,3)4/h11-12,16H,5-10,15H2,1-4H3. The minimum Gasteiger partial charge on any atom is -0.390 e. The van der Waals surface area contributed by atoms with E-state index in [-0.39, 0.29) is 5.92 Å². The molecule has 2 nitrogen and oxygen atoms in total. The molecule has 3 N–H and O–H groups in total. The molecule has 0 heterocycles. The number of nitrogens with two attached hydrogens (primary N) is 1. The van der Waals surface area contributed by atoms with Crippen LogP contribution in [0.15, 0.2) is 0 Å². The Morgan fingerprint density at radius 2 is 1.81 bits per heavy atom. The van der Waals surface area contributed by atoms with E-state index in [2.05, 4.69) is 27.7 Å². The summed E-state index contributed by atoms with van der Waals surface area (Å²) in [5.74, 6) is 1.04. The molecule has 1 aliphatic rings. The SMILES string of the molecule is CCC(CN)C1(O)CCC(C(C)(C)C)CC1. The summed E-state index contributed by atoms with van der Waals surface area (Å²) in [5.41, 5.74) is 5.66. The molecule has 0 amide bonds. The molecular weight excluding hydrogens is 198 g/mol. The molecule has 0 aromatic carbocycles. The molecule has 0 saturated heterocycles. The number of hydrogen-bond acceptors (Lipinski definition) is 2. The third kappa shape index (κ3) is 2.98. The molecule has 1 fully saturated rings. The topological polar surface area (TPSA) is 46.2 Å². The average molecular weight is 227 g/mol. The lowest BCUT2D eigenvalue weighted by Gasteiger charge is -2.44. The molecule has 0 aromatic heterocycles. The summed E-state index contributed by atoms with van der Waals surface area (Å²) in [6.07, 6.45) is 5.16. The van der Waals surface area contributed by atoms with Crippen LogP contribution in [0.2, 0.25) is 0 Å². The second-order valence-electron chi connectivity index (χ2n) is 6.58. The molecule has 2 heteroatoms. The van der Waals surface area contributed by atoms with Crippen molar-refractivity contribution in [3.63, 3.8) is 0 Å². The van der Waals surface area contributed by atoms with Crippen molar-refractivity contribution in [2.75, 3.05) is 6.54 Å². The molecule has 1 unspecified atom stereocenters. The zero-order chi connectivity index (χ0) is 12.4. The van der Waals surface area contributed by atoms with E-state index in [4.69, 9.17) is 5.73 Å². The van der Waals surface area contributed by atoms with E-state index in [9.17, 15) is 5.11 Å². The molecule has 0 bridgehead atoms. The summed E-state index contributed by atoms with van der Waals surface area (Å²) < 4.78 is 0. The van der Waals surface area contributed by atoms with Gasteiger partial charge in [-0.15, -0.1) is 0 Å². The van der Waals surface area contributed by atoms with Gasteiger partial charge in [0.15, 0.2) is 0 Å². The van der Waals surface area contributed by atoms with Crippen molar-refractivity contribution in [2.45, 2.75) is 65.4 Å². The number of aliphatic hydroxyl groups is 1. The van der Waals surface area contributed by atoms with Crippen molar-refractivity contribution in [1.82, 2.24) is 0 Å². The summed E-state index contributed by atoms with van der Waals surface area (Å²) in [5, 5.41) is 10.6. The van der Waals surface area contributed by atoms with Gasteiger partial charge in [0.2, 0.25) is 0 Å². The smallest absolute Gasteiger partial charge is 0.0688 e. The van der Waals surface area contributed by atoms with E-state index in [0.29, 0.717) is 12.0 Å². The first kappa shape index (κ1) is 14.0. The number of hydrogen-bond donors (Lipinski definition) is 2. The van der Waals surface area contributed by atoms with E-state index >= 15 is 0 Å². The predicted molar refractivity (Wildman–Crippen MR) is 69.2 cm³/mol. The predicted octanol–water partition coefficient (Wildman–Crippen LogP) is 2.94. The third-order valence-electron chi connectivity index (χ3n) is 4.61. The second-order valence-corrected chi connectivity index (χ2v) is 6.58. The summed E-state index contributed by atoms with van der Waals surface area (Å²) in [7, 11) is 0. The van der Waals surface area contributed by atoms with Crippen LogP contribution in [0.5, 0.6) is 0 Å². The van der Waals surface area contributed by atoms with Crippen LogP contribution in [0, 0.1) is 17.3 Å². The Labute approximate surface area is 101 Å². The van der Waals surface area contributed by atoms with Crippen LogP contribution < -0.4 is 5.73 Å². The normalized spacial score (nSPS) is 33.8. The maximum atomic E-state index is 10.6. The number of rotatable bonds is 3. The van der Waals surface area contributed by atoms with Crippen LogP contribution in [-0.4, -0.2) is 17.3 Å². The zero-order valence-corrected chi connectivity index (χ0v) is 11.4. The largest absolute Gasteiger partial charge is 0.390 e. The fraction of sp³-hybridized carbons (Fsp3) is 1.00. The third-order valence-corrected chi connectivity index (χ3v) is 4.61. The fourth-order valence-electron chi connectivity index (χ4n) is 3.16. The van der Waals surface area contributed by atoms with E-state index in [1.807, 2.05) is 0 Å². The highest BCUT2D eigenvalue weighted by atomic mass is 16.3. The van der Waals surface area contributed by atoms with Gasteiger partial charge >= 0.3 is 0 Å². The summed E-state index contributed by atoms with van der Waals surface area (Å²) >= 11 is 0. The Hall–Kier alpha value is -0.0800. The van der Waals surface area contributed by atoms with Crippen LogP contribution in [0.25, 0.3) is 0 Å².